The molecule has 0 aromatic rings. The molecule has 4 heteroatoms. The molecule has 0 saturated heterocycles. The molecule has 0 aliphatic carbocycles. The van der Waals surface area contributed by atoms with Gasteiger partial charge in [-0.05, 0) is 0 Å². The third kappa shape index (κ3) is 9.36. The second kappa shape index (κ2) is 22.4. The van der Waals surface area contributed by atoms with Gasteiger partial charge in [-0.3, -0.25) is 10.5 Å². The zero-order chi connectivity index (χ0) is 2.00. The number of rotatable bonds is 0. The van der Waals surface area contributed by atoms with E-state index in [1.54, 1.807) is 0 Å². The van der Waals surface area contributed by atoms with E-state index >= 15 is 0 Å². The Balaban J connectivity index is -0.00000000167. The molecule has 0 radical (unpaired) electrons. The molecule has 4 heavy (non-hydrogen) atoms. The van der Waals surface area contributed by atoms with E-state index in [-0.39, 0.29) is 65.8 Å². The monoisotopic (exact) mass is 137 g/mol. The van der Waals surface area contributed by atoms with E-state index in [2.05, 4.69) is 0 Å². The fraction of sp³-hybridized carbons (Fsp3) is 0. The second-order valence-electron chi connectivity index (χ2n) is 0. The molecule has 0 aromatic carbocycles. The molecule has 0 aliphatic rings. The Labute approximate surface area is 74.8 Å². The topological polar surface area (TPSA) is 75.5 Å². The van der Waals surface area contributed by atoms with Crippen molar-refractivity contribution in [1.29, 1.82) is 0 Å². The third-order valence-corrected chi connectivity index (χ3v) is 0. The molecule has 0 atom stereocenters. The first kappa shape index (κ1) is 17.3. The predicted molar refractivity (Wildman–Crippen MR) is 11.4 cm³/mol. The van der Waals surface area contributed by atoms with Crippen LogP contribution < -0.4 is 64.3 Å². The van der Waals surface area contributed by atoms with E-state index in [1.165, 1.54) is 0 Å². The van der Waals surface area contributed by atoms with Crippen LogP contribution >= 0.6 is 0 Å². The standard InChI is InChI=1S/H3N.H2O2.Rb.H/c;1-2;;/h1H3;1-2H;;/q;;+1;-1. The Morgan fingerprint density at radius 1 is 1.25 bits per heavy atom. The number of hydrogen-bond donors (Lipinski definition) is 3. The molecule has 0 rings (SSSR count). The Morgan fingerprint density at radius 2 is 1.25 bits per heavy atom. The molecule has 0 saturated carbocycles. The maximum Gasteiger partial charge on any atom is 1.00 e. The summed E-state index contributed by atoms with van der Waals surface area (Å²) in [6.07, 6.45) is 0. The molecule has 0 aromatic heterocycles. The fourth-order valence-electron chi connectivity index (χ4n) is 0. The van der Waals surface area contributed by atoms with Crippen LogP contribution in [0.3, 0.4) is 0 Å². The summed E-state index contributed by atoms with van der Waals surface area (Å²) in [5.41, 5.74) is 0. The van der Waals surface area contributed by atoms with Crippen LogP contribution in [0.4, 0.5) is 0 Å². The molecular weight excluding hydrogens is 131 g/mol. The molecule has 0 heterocycles. The van der Waals surface area contributed by atoms with Crippen molar-refractivity contribution in [2.24, 2.45) is 0 Å². The van der Waals surface area contributed by atoms with Crippen LogP contribution in [0.5, 0.6) is 0 Å². The van der Waals surface area contributed by atoms with Crippen molar-refractivity contribution < 1.29 is 70.1 Å². The van der Waals surface area contributed by atoms with Gasteiger partial charge in [-0.25, -0.2) is 0 Å². The third-order valence-electron chi connectivity index (χ3n) is 0. The van der Waals surface area contributed by atoms with Crippen molar-refractivity contribution in [2.75, 3.05) is 0 Å². The van der Waals surface area contributed by atoms with Crippen molar-refractivity contribution in [3.05, 3.63) is 0 Å². The number of hydrogen-bond acceptors (Lipinski definition) is 3. The van der Waals surface area contributed by atoms with Crippen molar-refractivity contribution in [2.45, 2.75) is 0 Å². The van der Waals surface area contributed by atoms with E-state index in [0.717, 1.165) is 0 Å². The van der Waals surface area contributed by atoms with Gasteiger partial charge in [-0.15, -0.1) is 0 Å². The average Bonchev–Trinajstić information content (AvgIpc) is 1.00. The molecule has 0 spiro atoms. The van der Waals surface area contributed by atoms with Crippen molar-refractivity contribution in [1.82, 2.24) is 6.15 Å². The summed E-state index contributed by atoms with van der Waals surface area (Å²) in [5.74, 6) is 0. The van der Waals surface area contributed by atoms with E-state index in [9.17, 15) is 0 Å². The minimum atomic E-state index is 0. The van der Waals surface area contributed by atoms with Gasteiger partial charge in [0.25, 0.3) is 0 Å². The smallest absolute Gasteiger partial charge is 1.00 e. The first-order valence-corrected chi connectivity index (χ1v) is 0.200. The molecule has 0 aliphatic heterocycles. The quantitative estimate of drug-likeness (QED) is 0.251. The summed E-state index contributed by atoms with van der Waals surface area (Å²) in [4.78, 5) is 0. The van der Waals surface area contributed by atoms with Crippen LogP contribution in [-0.2, 0) is 0 Å². The van der Waals surface area contributed by atoms with E-state index in [4.69, 9.17) is 10.5 Å². The van der Waals surface area contributed by atoms with Crippen molar-refractivity contribution in [3.8, 4) is 0 Å². The van der Waals surface area contributed by atoms with Crippen LogP contribution in [-0.4, -0.2) is 10.5 Å². The van der Waals surface area contributed by atoms with Crippen LogP contribution in [0.1, 0.15) is 1.43 Å². The van der Waals surface area contributed by atoms with Gasteiger partial charge in [0, 0.05) is 0 Å². The van der Waals surface area contributed by atoms with Gasteiger partial charge in [0.2, 0.25) is 0 Å². The van der Waals surface area contributed by atoms with Gasteiger partial charge < -0.3 is 7.58 Å². The molecule has 0 bridgehead atoms. The maximum absolute atomic E-state index is 6.00. The molecule has 5 N–H and O–H groups in total. The van der Waals surface area contributed by atoms with Gasteiger partial charge in [-0.1, -0.05) is 0 Å². The zero-order valence-corrected chi connectivity index (χ0v) is 7.52. The average molecular weight is 138 g/mol. The summed E-state index contributed by atoms with van der Waals surface area (Å²) in [7, 11) is 0. The molecule has 0 fully saturated rings. The van der Waals surface area contributed by atoms with Gasteiger partial charge in [0.1, 0.15) is 0 Å². The first-order valence-electron chi connectivity index (χ1n) is 0.200. The SMILES string of the molecule is N.OO.[H-].[Rb+]. The summed E-state index contributed by atoms with van der Waals surface area (Å²) >= 11 is 0. The minimum Gasteiger partial charge on any atom is -1.00 e. The van der Waals surface area contributed by atoms with Gasteiger partial charge in [-0.2, -0.15) is 0 Å². The summed E-state index contributed by atoms with van der Waals surface area (Å²) in [5, 5.41) is 12.0. The Morgan fingerprint density at radius 3 is 1.25 bits per heavy atom. The van der Waals surface area contributed by atoms with Crippen LogP contribution in [0, 0.1) is 0 Å². The molecule has 0 amide bonds. The maximum atomic E-state index is 6.00. The van der Waals surface area contributed by atoms with E-state index in [0.29, 0.717) is 0 Å². The largest absolute Gasteiger partial charge is 1.00 e. The molecule has 24 valence electrons. The molecule has 0 unspecified atom stereocenters. The van der Waals surface area contributed by atoms with Gasteiger partial charge in [0.05, 0.1) is 0 Å². The normalized spacial score (nSPS) is 1.50. The summed E-state index contributed by atoms with van der Waals surface area (Å²) in [6, 6.07) is 0. The van der Waals surface area contributed by atoms with Crippen molar-refractivity contribution in [3.63, 3.8) is 0 Å². The Bertz CT molecular complexity index is 9.61. The summed E-state index contributed by atoms with van der Waals surface area (Å²) in [6.45, 7) is 0. The van der Waals surface area contributed by atoms with Crippen LogP contribution in [0.2, 0.25) is 0 Å². The van der Waals surface area contributed by atoms with Gasteiger partial charge >= 0.3 is 58.2 Å². The zero-order valence-electron chi connectivity index (χ0n) is 3.60. The van der Waals surface area contributed by atoms with Crippen LogP contribution in [0.15, 0.2) is 0 Å². The second-order valence-corrected chi connectivity index (χ2v) is 0. The first-order chi connectivity index (χ1) is 1.00. The Kier molecular flexibility index (Phi) is 96.9. The fourth-order valence-corrected chi connectivity index (χ4v) is 0. The minimum absolute atomic E-state index is 0. The molecule has 3 nitrogen and oxygen atoms in total. The van der Waals surface area contributed by atoms with Crippen LogP contribution in [0.25, 0.3) is 0 Å². The van der Waals surface area contributed by atoms with E-state index < -0.39 is 0 Å². The Hall–Kier alpha value is 1.69. The van der Waals surface area contributed by atoms with Crippen molar-refractivity contribution >= 4 is 0 Å². The molecular formula is H6NO2Rb. The predicted octanol–water partition coefficient (Wildman–Crippen LogP) is -2.70. The summed E-state index contributed by atoms with van der Waals surface area (Å²) < 4.78 is 0. The van der Waals surface area contributed by atoms with E-state index in [1.807, 2.05) is 0 Å². The van der Waals surface area contributed by atoms with Gasteiger partial charge in [0.15, 0.2) is 0 Å².